The molecular weight excluding hydrogens is 485 g/mol. The normalized spacial score (nSPS) is 16.5. The van der Waals surface area contributed by atoms with E-state index in [1.54, 1.807) is 40.0 Å². The van der Waals surface area contributed by atoms with Gasteiger partial charge in [-0.05, 0) is 56.5 Å². The van der Waals surface area contributed by atoms with Crippen molar-refractivity contribution in [1.29, 1.82) is 0 Å². The summed E-state index contributed by atoms with van der Waals surface area (Å²) in [6.45, 7) is 2.35. The number of primary amides is 1. The van der Waals surface area contributed by atoms with Gasteiger partial charge in [-0.25, -0.2) is 9.69 Å². The van der Waals surface area contributed by atoms with Gasteiger partial charge in [0, 0.05) is 27.7 Å². The van der Waals surface area contributed by atoms with Crippen molar-refractivity contribution in [2.45, 2.75) is 32.2 Å². The number of nitrogens with one attached hydrogen (secondary N) is 1. The van der Waals surface area contributed by atoms with Crippen LogP contribution >= 0.6 is 34.8 Å². The molecule has 1 aromatic heterocycles. The maximum atomic E-state index is 13.3. The van der Waals surface area contributed by atoms with Crippen LogP contribution < -0.4 is 11.2 Å². The molecule has 3 aromatic rings. The van der Waals surface area contributed by atoms with Crippen LogP contribution in [0.4, 0.5) is 0 Å². The van der Waals surface area contributed by atoms with E-state index in [0.29, 0.717) is 45.0 Å². The zero-order valence-corrected chi connectivity index (χ0v) is 20.1. The van der Waals surface area contributed by atoms with E-state index in [2.05, 4.69) is 10.5 Å². The Morgan fingerprint density at radius 2 is 1.76 bits per heavy atom. The summed E-state index contributed by atoms with van der Waals surface area (Å²) in [6.07, 6.45) is 2.33. The van der Waals surface area contributed by atoms with Gasteiger partial charge >= 0.3 is 0 Å². The number of benzene rings is 2. The van der Waals surface area contributed by atoms with Gasteiger partial charge in [0.2, 0.25) is 5.91 Å². The van der Waals surface area contributed by atoms with Crippen molar-refractivity contribution in [2.24, 2.45) is 5.73 Å². The fourth-order valence-corrected chi connectivity index (χ4v) is 4.64. The number of hydrogen-bond donors (Lipinski definition) is 2. The van der Waals surface area contributed by atoms with Crippen molar-refractivity contribution >= 4 is 46.6 Å². The summed E-state index contributed by atoms with van der Waals surface area (Å²) < 4.78 is 1.62. The lowest BCUT2D eigenvalue weighted by atomic mass is 10.0. The number of hydrazine groups is 1. The topological polar surface area (TPSA) is 93.2 Å². The fraction of sp³-hybridized carbons (Fsp3) is 0.261. The highest BCUT2D eigenvalue weighted by molar-refractivity contribution is 6.35. The summed E-state index contributed by atoms with van der Waals surface area (Å²) in [5.74, 6) is -0.897. The number of carbonyl (C=O) groups excluding carboxylic acids is 2. The smallest absolute Gasteiger partial charge is 0.286 e. The van der Waals surface area contributed by atoms with E-state index < -0.39 is 17.9 Å². The number of carbonyl (C=O) groups is 2. The molecule has 172 valence electrons. The SMILES string of the molecule is Cc1c(C(=O)NN2CCCCC2C(N)=O)nn(-c2ccc(Cl)cc2Cl)c1-c1ccc(Cl)cc1. The van der Waals surface area contributed by atoms with E-state index in [9.17, 15) is 9.59 Å². The zero-order valence-electron chi connectivity index (χ0n) is 17.8. The molecule has 0 bridgehead atoms. The van der Waals surface area contributed by atoms with E-state index in [1.807, 2.05) is 19.1 Å². The second kappa shape index (κ2) is 9.73. The van der Waals surface area contributed by atoms with Gasteiger partial charge in [0.15, 0.2) is 5.69 Å². The van der Waals surface area contributed by atoms with Crippen LogP contribution in [0.25, 0.3) is 16.9 Å². The molecule has 1 aliphatic rings. The number of rotatable bonds is 5. The Bertz CT molecular complexity index is 1210. The Morgan fingerprint density at radius 3 is 2.42 bits per heavy atom. The molecule has 0 spiro atoms. The minimum atomic E-state index is -0.550. The molecule has 4 rings (SSSR count). The van der Waals surface area contributed by atoms with E-state index in [4.69, 9.17) is 40.5 Å². The first kappa shape index (κ1) is 23.6. The van der Waals surface area contributed by atoms with Crippen molar-refractivity contribution in [2.75, 3.05) is 6.54 Å². The van der Waals surface area contributed by atoms with E-state index in [1.165, 1.54) is 0 Å². The number of halogens is 3. The van der Waals surface area contributed by atoms with Crippen LogP contribution in [0.2, 0.25) is 15.1 Å². The minimum Gasteiger partial charge on any atom is -0.368 e. The summed E-state index contributed by atoms with van der Waals surface area (Å²) in [6, 6.07) is 11.7. The molecular formula is C23H22Cl3N5O2. The number of nitrogens with two attached hydrogens (primary N) is 1. The maximum absolute atomic E-state index is 13.3. The summed E-state index contributed by atoms with van der Waals surface area (Å²) in [7, 11) is 0. The molecule has 1 atom stereocenters. The molecule has 1 fully saturated rings. The van der Waals surface area contributed by atoms with E-state index >= 15 is 0 Å². The first-order chi connectivity index (χ1) is 15.8. The predicted octanol–water partition coefficient (Wildman–Crippen LogP) is 4.79. The van der Waals surface area contributed by atoms with E-state index in [0.717, 1.165) is 18.4 Å². The molecule has 0 radical (unpaired) electrons. The highest BCUT2D eigenvalue weighted by Crippen LogP contribution is 2.33. The van der Waals surface area contributed by atoms with Crippen LogP contribution in [0, 0.1) is 6.92 Å². The molecule has 33 heavy (non-hydrogen) atoms. The lowest BCUT2D eigenvalue weighted by molar-refractivity contribution is -0.125. The molecule has 7 nitrogen and oxygen atoms in total. The van der Waals surface area contributed by atoms with Gasteiger partial charge < -0.3 is 5.73 Å². The zero-order chi connectivity index (χ0) is 23.7. The van der Waals surface area contributed by atoms with Gasteiger partial charge in [0.1, 0.15) is 6.04 Å². The number of aromatic nitrogens is 2. The van der Waals surface area contributed by atoms with Gasteiger partial charge in [-0.1, -0.05) is 46.9 Å². The molecule has 10 heteroatoms. The van der Waals surface area contributed by atoms with E-state index in [-0.39, 0.29) is 5.69 Å². The molecule has 3 N–H and O–H groups in total. The second-order valence-corrected chi connectivity index (χ2v) is 9.16. The van der Waals surface area contributed by atoms with Crippen LogP contribution in [0.15, 0.2) is 42.5 Å². The molecule has 0 aliphatic carbocycles. The Hall–Kier alpha value is -2.58. The number of piperidine rings is 1. The average Bonchev–Trinajstić information content (AvgIpc) is 3.11. The Labute approximate surface area is 206 Å². The monoisotopic (exact) mass is 505 g/mol. The first-order valence-corrected chi connectivity index (χ1v) is 11.6. The van der Waals surface area contributed by atoms with Crippen LogP contribution in [0.5, 0.6) is 0 Å². The largest absolute Gasteiger partial charge is 0.368 e. The molecule has 2 aromatic carbocycles. The Balaban J connectivity index is 1.78. The maximum Gasteiger partial charge on any atom is 0.286 e. The van der Waals surface area contributed by atoms with Crippen molar-refractivity contribution in [3.63, 3.8) is 0 Å². The van der Waals surface area contributed by atoms with Crippen molar-refractivity contribution in [1.82, 2.24) is 20.2 Å². The third kappa shape index (κ3) is 4.87. The van der Waals surface area contributed by atoms with Gasteiger partial charge in [0.25, 0.3) is 5.91 Å². The summed E-state index contributed by atoms with van der Waals surface area (Å²) in [5.41, 5.74) is 11.3. The minimum absolute atomic E-state index is 0.208. The van der Waals surface area contributed by atoms with Crippen LogP contribution in [0.3, 0.4) is 0 Å². The summed E-state index contributed by atoms with van der Waals surface area (Å²) in [4.78, 5) is 25.1. The van der Waals surface area contributed by atoms with Crippen LogP contribution in [-0.4, -0.2) is 39.2 Å². The standard InChI is InChI=1S/C23H22Cl3N5O2/c1-13-20(23(33)29-30-11-3-2-4-19(30)22(27)32)28-31(18-10-9-16(25)12-17(18)26)21(13)14-5-7-15(24)8-6-14/h5-10,12,19H,2-4,11H2,1H3,(H2,27,32)(H,29,33). The first-order valence-electron chi connectivity index (χ1n) is 10.4. The summed E-state index contributed by atoms with van der Waals surface area (Å²) in [5, 5.41) is 7.67. The summed E-state index contributed by atoms with van der Waals surface area (Å²) >= 11 is 18.6. The molecule has 1 aliphatic heterocycles. The Morgan fingerprint density at radius 1 is 1.06 bits per heavy atom. The predicted molar refractivity (Wildman–Crippen MR) is 130 cm³/mol. The third-order valence-electron chi connectivity index (χ3n) is 5.67. The molecule has 2 heterocycles. The number of amides is 2. The van der Waals surface area contributed by atoms with Crippen molar-refractivity contribution in [3.05, 3.63) is 68.8 Å². The Kier molecular flexibility index (Phi) is 6.95. The third-order valence-corrected chi connectivity index (χ3v) is 6.46. The highest BCUT2D eigenvalue weighted by Gasteiger charge is 2.30. The van der Waals surface area contributed by atoms with Gasteiger partial charge in [-0.15, -0.1) is 0 Å². The number of nitrogens with zero attached hydrogens (tertiary/aromatic N) is 3. The fourth-order valence-electron chi connectivity index (χ4n) is 4.03. The lowest BCUT2D eigenvalue weighted by Crippen LogP contribution is -2.55. The average molecular weight is 507 g/mol. The highest BCUT2D eigenvalue weighted by atomic mass is 35.5. The van der Waals surface area contributed by atoms with Gasteiger partial charge in [-0.2, -0.15) is 5.10 Å². The van der Waals surface area contributed by atoms with Gasteiger partial charge in [0.05, 0.1) is 16.4 Å². The number of hydrogen-bond acceptors (Lipinski definition) is 4. The molecule has 0 saturated carbocycles. The quantitative estimate of drug-likeness (QED) is 0.520. The van der Waals surface area contributed by atoms with Crippen LogP contribution in [-0.2, 0) is 4.79 Å². The van der Waals surface area contributed by atoms with Crippen molar-refractivity contribution in [3.8, 4) is 16.9 Å². The molecule has 1 saturated heterocycles. The molecule has 1 unspecified atom stereocenters. The molecule has 2 amide bonds. The van der Waals surface area contributed by atoms with Crippen LogP contribution in [0.1, 0.15) is 35.3 Å². The van der Waals surface area contributed by atoms with Gasteiger partial charge in [-0.3, -0.25) is 15.0 Å². The lowest BCUT2D eigenvalue weighted by Gasteiger charge is -2.33. The van der Waals surface area contributed by atoms with Crippen molar-refractivity contribution < 1.29 is 9.59 Å². The second-order valence-electron chi connectivity index (χ2n) is 7.88.